The summed E-state index contributed by atoms with van der Waals surface area (Å²) in [5.41, 5.74) is 3.15. The molecule has 0 bridgehead atoms. The Kier molecular flexibility index (Phi) is 8.60. The number of rotatable bonds is 10. The van der Waals surface area contributed by atoms with Crippen molar-refractivity contribution >= 4 is 17.0 Å². The number of benzene rings is 3. The minimum absolute atomic E-state index is 0.0450. The van der Waals surface area contributed by atoms with Crippen LogP contribution in [0.3, 0.4) is 0 Å². The summed E-state index contributed by atoms with van der Waals surface area (Å²) < 4.78 is 71.3. The van der Waals surface area contributed by atoms with Gasteiger partial charge in [-0.3, -0.25) is 0 Å². The van der Waals surface area contributed by atoms with Crippen LogP contribution in [0.5, 0.6) is 5.88 Å². The molecule has 1 atom stereocenters. The van der Waals surface area contributed by atoms with Crippen molar-refractivity contribution in [1.82, 2.24) is 24.3 Å². The van der Waals surface area contributed by atoms with Crippen LogP contribution in [0, 0.1) is 17.0 Å². The number of aromatic nitrogens is 5. The number of imidazole rings is 1. The highest BCUT2D eigenvalue weighted by molar-refractivity contribution is 5.92. The Morgan fingerprint density at radius 3 is 2.52 bits per heavy atom. The van der Waals surface area contributed by atoms with Crippen molar-refractivity contribution in [2.45, 2.75) is 39.5 Å². The van der Waals surface area contributed by atoms with Gasteiger partial charge >= 0.3 is 12.5 Å². The molecule has 1 fully saturated rings. The zero-order chi connectivity index (χ0) is 35.2. The van der Waals surface area contributed by atoms with Crippen molar-refractivity contribution in [3.63, 3.8) is 0 Å². The van der Waals surface area contributed by atoms with Gasteiger partial charge in [0.05, 0.1) is 47.7 Å². The zero-order valence-electron chi connectivity index (χ0n) is 27.0. The third-order valence-electron chi connectivity index (χ3n) is 8.93. The van der Waals surface area contributed by atoms with E-state index in [0.717, 1.165) is 17.7 Å². The number of halogens is 4. The topological polar surface area (TPSA) is 104 Å². The van der Waals surface area contributed by atoms with Crippen LogP contribution in [-0.2, 0) is 17.8 Å². The van der Waals surface area contributed by atoms with Gasteiger partial charge in [-0.2, -0.15) is 13.9 Å². The quantitative estimate of drug-likeness (QED) is 0.145. The minimum atomic E-state index is -2.72. The second-order valence-corrected chi connectivity index (χ2v) is 12.9. The van der Waals surface area contributed by atoms with Crippen molar-refractivity contribution in [1.29, 1.82) is 0 Å². The van der Waals surface area contributed by atoms with E-state index in [-0.39, 0.29) is 52.7 Å². The van der Waals surface area contributed by atoms with Gasteiger partial charge in [0.2, 0.25) is 5.88 Å². The highest BCUT2D eigenvalue weighted by Gasteiger charge is 2.39. The lowest BCUT2D eigenvalue weighted by Crippen LogP contribution is -2.27. The first kappa shape index (κ1) is 33.0. The summed E-state index contributed by atoms with van der Waals surface area (Å²) in [7, 11) is 0. The fourth-order valence-corrected chi connectivity index (χ4v) is 6.21. The third kappa shape index (κ3) is 6.43. The molecule has 9 nitrogen and oxygen atoms in total. The summed E-state index contributed by atoms with van der Waals surface area (Å²) in [6.45, 7) is 2.32. The van der Waals surface area contributed by atoms with Crippen molar-refractivity contribution in [3.8, 4) is 28.3 Å². The van der Waals surface area contributed by atoms with E-state index in [1.165, 1.54) is 18.5 Å². The fourth-order valence-electron chi connectivity index (χ4n) is 6.21. The van der Waals surface area contributed by atoms with Crippen molar-refractivity contribution < 1.29 is 36.9 Å². The first-order valence-corrected chi connectivity index (χ1v) is 15.8. The van der Waals surface area contributed by atoms with Gasteiger partial charge < -0.3 is 19.1 Å². The predicted octanol–water partition coefficient (Wildman–Crippen LogP) is 8.10. The molecule has 0 amide bonds. The van der Waals surface area contributed by atoms with E-state index in [9.17, 15) is 18.7 Å². The molecule has 256 valence electrons. The van der Waals surface area contributed by atoms with Crippen LogP contribution in [0.1, 0.15) is 53.7 Å². The molecule has 0 saturated carbocycles. The van der Waals surface area contributed by atoms with Crippen LogP contribution in [0.25, 0.3) is 33.4 Å². The smallest absolute Gasteiger partial charge is 0.335 e. The van der Waals surface area contributed by atoms with Crippen LogP contribution < -0.4 is 4.74 Å². The van der Waals surface area contributed by atoms with E-state index in [0.29, 0.717) is 45.9 Å². The minimum Gasteiger partial charge on any atom is -0.478 e. The molecular weight excluding hydrogens is 654 g/mol. The highest BCUT2D eigenvalue weighted by atomic mass is 19.3. The van der Waals surface area contributed by atoms with Gasteiger partial charge in [0.25, 0.3) is 0 Å². The Morgan fingerprint density at radius 1 is 1.02 bits per heavy atom. The Labute approximate surface area is 283 Å². The van der Waals surface area contributed by atoms with E-state index in [1.54, 1.807) is 54.6 Å². The van der Waals surface area contributed by atoms with Crippen LogP contribution in [-0.4, -0.2) is 48.6 Å². The lowest BCUT2D eigenvalue weighted by molar-refractivity contribution is 0.0566. The Bertz CT molecular complexity index is 2210. The SMILES string of the molecule is CC1(C)COCC1n1c(Cc2cc(F)c(-c3cccc(OCc4ccc(-c5cnn(C(F)F)c5)cc4)n3)cc2F)nc2ccc(C(=O)O)cc21. The summed E-state index contributed by atoms with van der Waals surface area (Å²) in [6.07, 6.45) is 2.58. The molecule has 50 heavy (non-hydrogen) atoms. The summed E-state index contributed by atoms with van der Waals surface area (Å²) in [5, 5.41) is 13.3. The Hall–Kier alpha value is -5.56. The van der Waals surface area contributed by atoms with Gasteiger partial charge in [-0.25, -0.2) is 28.2 Å². The molecule has 3 aromatic heterocycles. The van der Waals surface area contributed by atoms with E-state index in [2.05, 4.69) is 10.1 Å². The van der Waals surface area contributed by atoms with Gasteiger partial charge in [-0.05, 0) is 53.1 Å². The number of carboxylic acid groups (broad SMARTS) is 1. The number of alkyl halides is 2. The summed E-state index contributed by atoms with van der Waals surface area (Å²) in [6, 6.07) is 18.6. The largest absolute Gasteiger partial charge is 0.478 e. The molecule has 0 spiro atoms. The predicted molar refractivity (Wildman–Crippen MR) is 176 cm³/mol. The molecule has 0 radical (unpaired) electrons. The molecule has 13 heteroatoms. The Morgan fingerprint density at radius 2 is 1.82 bits per heavy atom. The van der Waals surface area contributed by atoms with Gasteiger partial charge in [-0.1, -0.05) is 44.2 Å². The molecule has 1 aliphatic rings. The number of hydrogen-bond acceptors (Lipinski definition) is 6. The van der Waals surface area contributed by atoms with Crippen LogP contribution in [0.15, 0.2) is 85.2 Å². The molecule has 3 aromatic carbocycles. The first-order chi connectivity index (χ1) is 24.0. The number of hydrogen-bond donors (Lipinski definition) is 1. The normalized spacial score (nSPS) is 15.6. The van der Waals surface area contributed by atoms with E-state index in [1.807, 2.05) is 18.4 Å². The van der Waals surface area contributed by atoms with E-state index < -0.39 is 24.2 Å². The standard InChI is InChI=1S/C37H31F4N5O4/c1-37(2)20-49-19-32(37)46-31-13-23(35(47)48)10-11-30(31)43-33(46)14-24-12-28(39)26(15-27(24)38)29-4-3-5-34(44-29)50-18-21-6-8-22(9-7-21)25-16-42-45(17-25)36(40)41/h3-13,15-17,32,36H,14,18-20H2,1-2H3,(H,47,48). The van der Waals surface area contributed by atoms with Crippen LogP contribution in [0.4, 0.5) is 17.6 Å². The maximum Gasteiger partial charge on any atom is 0.335 e. The van der Waals surface area contributed by atoms with Gasteiger partial charge in [-0.15, -0.1) is 0 Å². The number of pyridine rings is 1. The monoisotopic (exact) mass is 685 g/mol. The van der Waals surface area contributed by atoms with E-state index in [4.69, 9.17) is 14.5 Å². The zero-order valence-corrected chi connectivity index (χ0v) is 27.0. The fraction of sp³-hybridized carbons (Fsp3) is 0.243. The van der Waals surface area contributed by atoms with Crippen LogP contribution >= 0.6 is 0 Å². The van der Waals surface area contributed by atoms with E-state index >= 15 is 8.78 Å². The molecule has 0 aliphatic carbocycles. The number of ether oxygens (including phenoxy) is 2. The molecule has 1 N–H and O–H groups in total. The maximum atomic E-state index is 15.7. The third-order valence-corrected chi connectivity index (χ3v) is 8.93. The van der Waals surface area contributed by atoms with Gasteiger partial charge in [0, 0.05) is 35.2 Å². The number of nitrogens with zero attached hydrogens (tertiary/aromatic N) is 5. The molecule has 7 rings (SSSR count). The highest BCUT2D eigenvalue weighted by Crippen LogP contribution is 2.41. The van der Waals surface area contributed by atoms with Crippen molar-refractivity contribution in [2.24, 2.45) is 5.41 Å². The Balaban J connectivity index is 1.11. The summed E-state index contributed by atoms with van der Waals surface area (Å²) >= 11 is 0. The average molecular weight is 686 g/mol. The number of carboxylic acids is 1. The second kappa shape index (κ2) is 13.0. The van der Waals surface area contributed by atoms with Gasteiger partial charge in [0.15, 0.2) is 0 Å². The molecule has 1 saturated heterocycles. The van der Waals surface area contributed by atoms with Gasteiger partial charge in [0.1, 0.15) is 24.1 Å². The molecule has 4 heterocycles. The van der Waals surface area contributed by atoms with Crippen molar-refractivity contribution in [2.75, 3.05) is 13.2 Å². The molecule has 1 aliphatic heterocycles. The number of fused-ring (bicyclic) bond motifs is 1. The molecule has 1 unspecified atom stereocenters. The second-order valence-electron chi connectivity index (χ2n) is 12.9. The summed E-state index contributed by atoms with van der Waals surface area (Å²) in [5.74, 6) is -1.76. The number of carbonyl (C=O) groups is 1. The molecule has 6 aromatic rings. The van der Waals surface area contributed by atoms with Crippen molar-refractivity contribution in [3.05, 3.63) is 119 Å². The maximum absolute atomic E-state index is 15.7. The summed E-state index contributed by atoms with van der Waals surface area (Å²) in [4.78, 5) is 20.9. The lowest BCUT2D eigenvalue weighted by Gasteiger charge is -2.28. The first-order valence-electron chi connectivity index (χ1n) is 15.8. The number of aromatic carboxylic acids is 1. The lowest BCUT2D eigenvalue weighted by atomic mass is 9.87. The average Bonchev–Trinajstić information content (AvgIpc) is 3.82. The molecular formula is C37H31F4N5O4. The van der Waals surface area contributed by atoms with Crippen LogP contribution in [0.2, 0.25) is 0 Å².